The lowest BCUT2D eigenvalue weighted by molar-refractivity contribution is 0.432. The molecule has 0 radical (unpaired) electrons. The Morgan fingerprint density at radius 2 is 1.46 bits per heavy atom. The van der Waals surface area contributed by atoms with E-state index in [4.69, 9.17) is 0 Å². The van der Waals surface area contributed by atoms with E-state index in [1.807, 2.05) is 36.4 Å². The average Bonchev–Trinajstić information content (AvgIpc) is 2.60. The molecule has 26 heavy (non-hydrogen) atoms. The van der Waals surface area contributed by atoms with Crippen molar-refractivity contribution in [3.8, 4) is 0 Å². The van der Waals surface area contributed by atoms with Gasteiger partial charge in [-0.1, -0.05) is 42.5 Å². The van der Waals surface area contributed by atoms with Crippen LogP contribution in [0, 0.1) is 17.5 Å². The summed E-state index contributed by atoms with van der Waals surface area (Å²) in [7, 11) is -4.40. The third kappa shape index (κ3) is 3.88. The van der Waals surface area contributed by atoms with Gasteiger partial charge in [-0.05, 0) is 41.8 Å². The molecule has 0 spiro atoms. The minimum atomic E-state index is -4.40. The number of rotatable bonds is 5. The van der Waals surface area contributed by atoms with E-state index < -0.39 is 32.4 Å². The molecular weight excluding hydrogens is 363 g/mol. The zero-order chi connectivity index (χ0) is 18.7. The van der Waals surface area contributed by atoms with E-state index in [1.54, 1.807) is 12.1 Å². The van der Waals surface area contributed by atoms with Crippen molar-refractivity contribution in [3.05, 3.63) is 95.3 Å². The minimum absolute atomic E-state index is 0.197. The molecule has 1 N–H and O–H groups in total. The van der Waals surface area contributed by atoms with Crippen LogP contribution in [0.2, 0.25) is 0 Å². The number of hydrogen-bond acceptors (Lipinski definition) is 2. The molecule has 0 heterocycles. The van der Waals surface area contributed by atoms with Crippen molar-refractivity contribution in [2.75, 3.05) is 4.72 Å². The van der Waals surface area contributed by atoms with E-state index in [9.17, 15) is 21.6 Å². The first-order valence-corrected chi connectivity index (χ1v) is 9.14. The summed E-state index contributed by atoms with van der Waals surface area (Å²) in [6, 6.07) is 17.4. The molecule has 0 saturated heterocycles. The standard InChI is InChI=1S/C19H14F3NO2S/c20-16-9-10-17(19(22)18(16)21)26(24,25)23-15-8-4-7-14(12-15)11-13-5-2-1-3-6-13/h1-10,12,23H,11H2. The quantitative estimate of drug-likeness (QED) is 0.666. The summed E-state index contributed by atoms with van der Waals surface area (Å²) in [5.41, 5.74) is 2.07. The van der Waals surface area contributed by atoms with E-state index in [0.29, 0.717) is 18.6 Å². The molecule has 0 saturated carbocycles. The van der Waals surface area contributed by atoms with Gasteiger partial charge in [0.25, 0.3) is 10.0 Å². The second-order valence-corrected chi connectivity index (χ2v) is 7.29. The van der Waals surface area contributed by atoms with E-state index in [0.717, 1.165) is 11.1 Å². The zero-order valence-corrected chi connectivity index (χ0v) is 14.2. The van der Waals surface area contributed by atoms with E-state index >= 15 is 0 Å². The smallest absolute Gasteiger partial charge is 0.264 e. The van der Waals surface area contributed by atoms with Gasteiger partial charge in [0.05, 0.1) is 0 Å². The molecule has 0 aromatic heterocycles. The van der Waals surface area contributed by atoms with Crippen LogP contribution in [0.5, 0.6) is 0 Å². The van der Waals surface area contributed by atoms with Gasteiger partial charge in [0.15, 0.2) is 17.5 Å². The molecular formula is C19H14F3NO2S. The molecule has 0 aliphatic rings. The summed E-state index contributed by atoms with van der Waals surface area (Å²) in [6.07, 6.45) is 0.579. The summed E-state index contributed by atoms with van der Waals surface area (Å²) < 4.78 is 66.9. The summed E-state index contributed by atoms with van der Waals surface area (Å²) in [5.74, 6) is -5.03. The topological polar surface area (TPSA) is 46.2 Å². The average molecular weight is 377 g/mol. The first kappa shape index (κ1) is 18.0. The second-order valence-electron chi connectivity index (χ2n) is 5.64. The molecule has 7 heteroatoms. The fourth-order valence-corrected chi connectivity index (χ4v) is 3.62. The molecule has 3 rings (SSSR count). The van der Waals surface area contributed by atoms with Crippen molar-refractivity contribution < 1.29 is 21.6 Å². The van der Waals surface area contributed by atoms with Gasteiger partial charge < -0.3 is 0 Å². The van der Waals surface area contributed by atoms with Crippen molar-refractivity contribution >= 4 is 15.7 Å². The Labute approximate surface area is 149 Å². The van der Waals surface area contributed by atoms with Gasteiger partial charge in [-0.15, -0.1) is 0 Å². The summed E-state index contributed by atoms with van der Waals surface area (Å²) in [5, 5.41) is 0. The van der Waals surface area contributed by atoms with Gasteiger partial charge in [0.1, 0.15) is 4.90 Å². The maximum absolute atomic E-state index is 13.8. The molecule has 0 aliphatic carbocycles. The maximum Gasteiger partial charge on any atom is 0.264 e. The maximum atomic E-state index is 13.8. The third-order valence-electron chi connectivity index (χ3n) is 3.72. The third-order valence-corrected chi connectivity index (χ3v) is 5.12. The molecule has 0 aliphatic heterocycles. The fourth-order valence-electron chi connectivity index (χ4n) is 2.50. The molecule has 3 aromatic carbocycles. The molecule has 3 aromatic rings. The van der Waals surface area contributed by atoms with Crippen LogP contribution in [0.1, 0.15) is 11.1 Å². The van der Waals surface area contributed by atoms with Gasteiger partial charge in [-0.25, -0.2) is 21.6 Å². The molecule has 134 valence electrons. The van der Waals surface area contributed by atoms with Crippen molar-refractivity contribution in [2.24, 2.45) is 0 Å². The predicted octanol–water partition coefficient (Wildman–Crippen LogP) is 4.50. The lowest BCUT2D eigenvalue weighted by Gasteiger charge is -2.11. The van der Waals surface area contributed by atoms with E-state index in [1.165, 1.54) is 6.07 Å². The van der Waals surface area contributed by atoms with Gasteiger partial charge in [0.2, 0.25) is 0 Å². The monoisotopic (exact) mass is 377 g/mol. The van der Waals surface area contributed by atoms with Gasteiger partial charge >= 0.3 is 0 Å². The van der Waals surface area contributed by atoms with Crippen LogP contribution in [-0.2, 0) is 16.4 Å². The van der Waals surface area contributed by atoms with Crippen molar-refractivity contribution in [1.82, 2.24) is 0 Å². The second kappa shape index (κ2) is 7.21. The fraction of sp³-hybridized carbons (Fsp3) is 0.0526. The van der Waals surface area contributed by atoms with Crippen molar-refractivity contribution in [3.63, 3.8) is 0 Å². The van der Waals surface area contributed by atoms with Gasteiger partial charge in [-0.2, -0.15) is 0 Å². The highest BCUT2D eigenvalue weighted by atomic mass is 32.2. The highest BCUT2D eigenvalue weighted by Crippen LogP contribution is 2.23. The van der Waals surface area contributed by atoms with Crippen LogP contribution < -0.4 is 4.72 Å². The molecule has 0 amide bonds. The number of hydrogen-bond donors (Lipinski definition) is 1. The number of halogens is 3. The largest absolute Gasteiger partial charge is 0.280 e. The molecule has 0 atom stereocenters. The first-order chi connectivity index (χ1) is 12.4. The zero-order valence-electron chi connectivity index (χ0n) is 13.4. The highest BCUT2D eigenvalue weighted by Gasteiger charge is 2.24. The Bertz CT molecular complexity index is 1040. The Morgan fingerprint density at radius 3 is 2.19 bits per heavy atom. The Kier molecular flexibility index (Phi) is 4.99. The van der Waals surface area contributed by atoms with Gasteiger partial charge in [0, 0.05) is 5.69 Å². The van der Waals surface area contributed by atoms with Crippen LogP contribution in [0.15, 0.2) is 71.6 Å². The molecule has 3 nitrogen and oxygen atoms in total. The van der Waals surface area contributed by atoms with Gasteiger partial charge in [-0.3, -0.25) is 4.72 Å². The van der Waals surface area contributed by atoms with Crippen LogP contribution in [-0.4, -0.2) is 8.42 Å². The normalized spacial score (nSPS) is 11.3. The number of sulfonamides is 1. The van der Waals surface area contributed by atoms with Crippen molar-refractivity contribution in [2.45, 2.75) is 11.3 Å². The molecule has 0 bridgehead atoms. The van der Waals surface area contributed by atoms with E-state index in [-0.39, 0.29) is 5.69 Å². The summed E-state index contributed by atoms with van der Waals surface area (Å²) >= 11 is 0. The van der Waals surface area contributed by atoms with Crippen LogP contribution >= 0.6 is 0 Å². The van der Waals surface area contributed by atoms with Crippen LogP contribution in [0.25, 0.3) is 0 Å². The predicted molar refractivity (Wildman–Crippen MR) is 92.8 cm³/mol. The first-order valence-electron chi connectivity index (χ1n) is 7.66. The molecule has 0 fully saturated rings. The minimum Gasteiger partial charge on any atom is -0.280 e. The number of nitrogens with one attached hydrogen (secondary N) is 1. The van der Waals surface area contributed by atoms with Crippen LogP contribution in [0.4, 0.5) is 18.9 Å². The SMILES string of the molecule is O=S(=O)(Nc1cccc(Cc2ccccc2)c1)c1ccc(F)c(F)c1F. The lowest BCUT2D eigenvalue weighted by Crippen LogP contribution is -2.16. The Balaban J connectivity index is 1.87. The highest BCUT2D eigenvalue weighted by molar-refractivity contribution is 7.92. The molecule has 0 unspecified atom stereocenters. The summed E-state index contributed by atoms with van der Waals surface area (Å²) in [6.45, 7) is 0. The Hall–Kier alpha value is -2.80. The Morgan fingerprint density at radius 1 is 0.769 bits per heavy atom. The van der Waals surface area contributed by atoms with E-state index in [2.05, 4.69) is 4.72 Å². The van der Waals surface area contributed by atoms with Crippen molar-refractivity contribution in [1.29, 1.82) is 0 Å². The number of anilines is 1. The van der Waals surface area contributed by atoms with Crippen LogP contribution in [0.3, 0.4) is 0 Å². The summed E-state index contributed by atoms with van der Waals surface area (Å²) in [4.78, 5) is -0.954. The lowest BCUT2D eigenvalue weighted by atomic mass is 10.0. The number of benzene rings is 3.